The van der Waals surface area contributed by atoms with Gasteiger partial charge in [0.05, 0.1) is 13.0 Å². The van der Waals surface area contributed by atoms with Crippen LogP contribution < -0.4 is 10.2 Å². The maximum absolute atomic E-state index is 12.5. The molecular weight excluding hydrogens is 388 g/mol. The highest BCUT2D eigenvalue weighted by Gasteiger charge is 2.35. The average Bonchev–Trinajstić information content (AvgIpc) is 3.28. The predicted molar refractivity (Wildman–Crippen MR) is 103 cm³/mol. The number of aromatic nitrogens is 2. The lowest BCUT2D eigenvalue weighted by atomic mass is 10.1. The Bertz CT molecular complexity index is 842. The zero-order chi connectivity index (χ0) is 19.4. The van der Waals surface area contributed by atoms with E-state index in [1.807, 2.05) is 30.3 Å². The van der Waals surface area contributed by atoms with Gasteiger partial charge in [-0.1, -0.05) is 41.3 Å². The van der Waals surface area contributed by atoms with E-state index < -0.39 is 11.2 Å². The highest BCUT2D eigenvalue weighted by Crippen LogP contribution is 2.30. The van der Waals surface area contributed by atoms with Gasteiger partial charge in [0.1, 0.15) is 5.25 Å². The van der Waals surface area contributed by atoms with Gasteiger partial charge in [-0.05, 0) is 19.1 Å². The molecule has 1 aliphatic heterocycles. The third-order valence-electron chi connectivity index (χ3n) is 4.01. The summed E-state index contributed by atoms with van der Waals surface area (Å²) < 4.78 is 5.22. The lowest BCUT2D eigenvalue weighted by Crippen LogP contribution is -2.28. The summed E-state index contributed by atoms with van der Waals surface area (Å²) in [6.07, 6.45) is 0.153. The average molecular weight is 406 g/mol. The molecule has 0 bridgehead atoms. The van der Waals surface area contributed by atoms with Gasteiger partial charge in [-0.2, -0.15) is 0 Å². The molecule has 2 atom stereocenters. The first-order valence-corrected chi connectivity index (χ1v) is 9.92. The van der Waals surface area contributed by atoms with Gasteiger partial charge in [0, 0.05) is 18.7 Å². The molecule has 10 heteroatoms. The van der Waals surface area contributed by atoms with Crippen molar-refractivity contribution in [3.63, 3.8) is 0 Å². The number of amides is 2. The zero-order valence-electron chi connectivity index (χ0n) is 14.7. The van der Waals surface area contributed by atoms with Crippen molar-refractivity contribution in [2.45, 2.75) is 22.9 Å². The van der Waals surface area contributed by atoms with Gasteiger partial charge in [-0.3, -0.25) is 14.4 Å². The van der Waals surface area contributed by atoms with Crippen molar-refractivity contribution in [1.82, 2.24) is 10.2 Å². The summed E-state index contributed by atoms with van der Waals surface area (Å²) in [5.74, 6) is -1.16. The minimum absolute atomic E-state index is 0.0817. The van der Waals surface area contributed by atoms with Crippen LogP contribution in [0.25, 0.3) is 0 Å². The molecule has 2 amide bonds. The molecule has 0 unspecified atom stereocenters. The SMILES string of the molecule is COC(=O)[C@H](C)Sc1nnc(NC(=O)[C@H]2CC(=O)N(c3ccccc3)C2)s1. The number of thioether (sulfide) groups is 1. The quantitative estimate of drug-likeness (QED) is 0.446. The van der Waals surface area contributed by atoms with Gasteiger partial charge in [-0.15, -0.1) is 10.2 Å². The Hall–Kier alpha value is -2.46. The van der Waals surface area contributed by atoms with E-state index in [-0.39, 0.29) is 24.2 Å². The molecule has 8 nitrogen and oxygen atoms in total. The van der Waals surface area contributed by atoms with Gasteiger partial charge in [0.25, 0.3) is 0 Å². The molecule has 1 fully saturated rings. The van der Waals surface area contributed by atoms with E-state index in [2.05, 4.69) is 20.3 Å². The summed E-state index contributed by atoms with van der Waals surface area (Å²) in [6.45, 7) is 2.03. The van der Waals surface area contributed by atoms with Crippen molar-refractivity contribution in [2.24, 2.45) is 5.92 Å². The second kappa shape index (κ2) is 8.49. The summed E-state index contributed by atoms with van der Waals surface area (Å²) in [7, 11) is 1.33. The van der Waals surface area contributed by atoms with Crippen LogP contribution in [-0.4, -0.2) is 46.9 Å². The topological polar surface area (TPSA) is 101 Å². The largest absolute Gasteiger partial charge is 0.468 e. The molecular formula is C17H18N4O4S2. The normalized spacial score (nSPS) is 17.6. The van der Waals surface area contributed by atoms with Crippen LogP contribution in [0, 0.1) is 5.92 Å². The van der Waals surface area contributed by atoms with Crippen LogP contribution in [0.1, 0.15) is 13.3 Å². The molecule has 0 aliphatic carbocycles. The highest BCUT2D eigenvalue weighted by molar-refractivity contribution is 8.02. The van der Waals surface area contributed by atoms with Crippen LogP contribution >= 0.6 is 23.1 Å². The first-order chi connectivity index (χ1) is 13.0. The monoisotopic (exact) mass is 406 g/mol. The number of methoxy groups -OCH3 is 1. The number of ether oxygens (including phenoxy) is 1. The van der Waals surface area contributed by atoms with Crippen LogP contribution in [0.4, 0.5) is 10.8 Å². The number of anilines is 2. The van der Waals surface area contributed by atoms with Crippen molar-refractivity contribution in [2.75, 3.05) is 23.9 Å². The van der Waals surface area contributed by atoms with Crippen molar-refractivity contribution < 1.29 is 19.1 Å². The fraction of sp³-hybridized carbons (Fsp3) is 0.353. The summed E-state index contributed by atoms with van der Waals surface area (Å²) in [5.41, 5.74) is 0.782. The maximum Gasteiger partial charge on any atom is 0.318 e. The van der Waals surface area contributed by atoms with E-state index >= 15 is 0 Å². The standard InChI is InChI=1S/C17H18N4O4S2/c1-10(15(24)25-2)26-17-20-19-16(27-17)18-14(23)11-8-13(22)21(9-11)12-6-4-3-5-7-12/h3-7,10-11H,8-9H2,1-2H3,(H,18,19,23)/t10-,11-/m0/s1. The van der Waals surface area contributed by atoms with Crippen LogP contribution in [0.3, 0.4) is 0 Å². The minimum Gasteiger partial charge on any atom is -0.468 e. The summed E-state index contributed by atoms with van der Waals surface area (Å²) in [6, 6.07) is 9.27. The lowest BCUT2D eigenvalue weighted by Gasteiger charge is -2.16. The van der Waals surface area contributed by atoms with E-state index in [1.54, 1.807) is 11.8 Å². The number of para-hydroxylation sites is 1. The minimum atomic E-state index is -0.452. The molecule has 0 saturated carbocycles. The first kappa shape index (κ1) is 19.3. The van der Waals surface area contributed by atoms with Gasteiger partial charge < -0.3 is 15.0 Å². The molecule has 1 saturated heterocycles. The molecule has 3 rings (SSSR count). The zero-order valence-corrected chi connectivity index (χ0v) is 16.4. The second-order valence-corrected chi connectivity index (χ2v) is 8.45. The number of esters is 1. The maximum atomic E-state index is 12.5. The van der Waals surface area contributed by atoms with Crippen LogP contribution in [0.5, 0.6) is 0 Å². The molecule has 27 heavy (non-hydrogen) atoms. The number of nitrogens with one attached hydrogen (secondary N) is 1. The molecule has 142 valence electrons. The Labute approximate surface area is 164 Å². The van der Waals surface area contributed by atoms with Crippen LogP contribution in [-0.2, 0) is 19.1 Å². The predicted octanol–water partition coefficient (Wildman–Crippen LogP) is 2.18. The van der Waals surface area contributed by atoms with Gasteiger partial charge >= 0.3 is 5.97 Å². The Balaban J connectivity index is 1.58. The molecule has 0 radical (unpaired) electrons. The number of hydrogen-bond donors (Lipinski definition) is 1. The third kappa shape index (κ3) is 4.64. The fourth-order valence-electron chi connectivity index (χ4n) is 2.62. The van der Waals surface area contributed by atoms with Gasteiger partial charge in [-0.25, -0.2) is 0 Å². The van der Waals surface area contributed by atoms with Crippen molar-refractivity contribution in [1.29, 1.82) is 0 Å². The van der Waals surface area contributed by atoms with Crippen molar-refractivity contribution in [3.8, 4) is 0 Å². The first-order valence-electron chi connectivity index (χ1n) is 8.22. The van der Waals surface area contributed by atoms with Crippen LogP contribution in [0.2, 0.25) is 0 Å². The Morgan fingerprint density at radius 1 is 1.33 bits per heavy atom. The Morgan fingerprint density at radius 2 is 2.07 bits per heavy atom. The van der Waals surface area contributed by atoms with Crippen LogP contribution in [0.15, 0.2) is 34.7 Å². The lowest BCUT2D eigenvalue weighted by molar-refractivity contribution is -0.139. The number of carbonyl (C=O) groups is 3. The third-order valence-corrected chi connectivity index (χ3v) is 6.01. The summed E-state index contributed by atoms with van der Waals surface area (Å²) >= 11 is 2.39. The van der Waals surface area contributed by atoms with E-state index in [4.69, 9.17) is 0 Å². The van der Waals surface area contributed by atoms with E-state index in [1.165, 1.54) is 30.2 Å². The number of rotatable bonds is 6. The number of carbonyl (C=O) groups excluding carboxylic acids is 3. The molecule has 1 aliphatic rings. The Kier molecular flexibility index (Phi) is 6.07. The van der Waals surface area contributed by atoms with E-state index in [0.29, 0.717) is 16.0 Å². The summed E-state index contributed by atoms with van der Waals surface area (Å²) in [5, 5.41) is 10.5. The smallest absolute Gasteiger partial charge is 0.318 e. The molecule has 2 aromatic rings. The number of nitrogens with zero attached hydrogens (tertiary/aromatic N) is 3. The molecule has 1 aromatic heterocycles. The highest BCUT2D eigenvalue weighted by atomic mass is 32.2. The van der Waals surface area contributed by atoms with Gasteiger partial charge in [0.2, 0.25) is 16.9 Å². The molecule has 2 heterocycles. The van der Waals surface area contributed by atoms with Gasteiger partial charge in [0.15, 0.2) is 4.34 Å². The number of hydrogen-bond acceptors (Lipinski definition) is 8. The van der Waals surface area contributed by atoms with Crippen molar-refractivity contribution >= 4 is 51.7 Å². The number of benzene rings is 1. The second-order valence-electron chi connectivity index (χ2n) is 5.89. The Morgan fingerprint density at radius 3 is 2.78 bits per heavy atom. The summed E-state index contributed by atoms with van der Waals surface area (Å²) in [4.78, 5) is 37.8. The molecule has 0 spiro atoms. The molecule has 1 N–H and O–H groups in total. The van der Waals surface area contributed by atoms with E-state index in [0.717, 1.165) is 5.69 Å². The van der Waals surface area contributed by atoms with Crippen molar-refractivity contribution in [3.05, 3.63) is 30.3 Å². The fourth-order valence-corrected chi connectivity index (χ4v) is 4.55. The molecule has 1 aromatic carbocycles. The van der Waals surface area contributed by atoms with E-state index in [9.17, 15) is 14.4 Å².